The monoisotopic (exact) mass is 1320 g/mol. The molecular formula is C94H56N10. The Bertz CT molecular complexity index is 7070. The predicted octanol–water partition coefficient (Wildman–Crippen LogP) is 23.3. The van der Waals surface area contributed by atoms with Gasteiger partial charge in [-0.25, -0.2) is 24.9 Å². The van der Waals surface area contributed by atoms with Crippen molar-refractivity contribution in [1.82, 2.24) is 49.8 Å². The third-order valence-corrected chi connectivity index (χ3v) is 20.2. The summed E-state index contributed by atoms with van der Waals surface area (Å²) in [5.41, 5.74) is 24.4. The highest BCUT2D eigenvalue weighted by atomic mass is 14.8. The second kappa shape index (κ2) is 24.9. The van der Waals surface area contributed by atoms with Crippen molar-refractivity contribution in [1.29, 1.82) is 0 Å². The van der Waals surface area contributed by atoms with Crippen LogP contribution in [0.25, 0.3) is 209 Å². The van der Waals surface area contributed by atoms with Gasteiger partial charge in [0.15, 0.2) is 0 Å². The van der Waals surface area contributed by atoms with E-state index in [2.05, 4.69) is 292 Å². The van der Waals surface area contributed by atoms with Crippen LogP contribution in [0.3, 0.4) is 0 Å². The van der Waals surface area contributed by atoms with Crippen LogP contribution in [0.15, 0.2) is 341 Å². The Kier molecular flexibility index (Phi) is 14.3. The second-order valence-electron chi connectivity index (χ2n) is 26.3. The first-order valence-corrected chi connectivity index (χ1v) is 34.7. The number of benzene rings is 11. The molecule has 10 aromatic heterocycles. The van der Waals surface area contributed by atoms with E-state index in [0.29, 0.717) is 0 Å². The van der Waals surface area contributed by atoms with Crippen LogP contribution in [0, 0.1) is 0 Å². The Morgan fingerprint density at radius 3 is 1.05 bits per heavy atom. The molecule has 21 rings (SSSR count). The summed E-state index contributed by atoms with van der Waals surface area (Å²) in [7, 11) is 0. The maximum absolute atomic E-state index is 5.18. The van der Waals surface area contributed by atoms with Crippen molar-refractivity contribution >= 4 is 120 Å². The fourth-order valence-corrected chi connectivity index (χ4v) is 14.9. The van der Waals surface area contributed by atoms with E-state index in [4.69, 9.17) is 24.9 Å². The minimum Gasteiger partial charge on any atom is -0.263 e. The highest BCUT2D eigenvalue weighted by Crippen LogP contribution is 2.40. The molecule has 10 heterocycles. The first-order chi connectivity index (χ1) is 51.5. The molecule has 10 nitrogen and oxygen atoms in total. The van der Waals surface area contributed by atoms with Crippen molar-refractivity contribution in [3.05, 3.63) is 341 Å². The van der Waals surface area contributed by atoms with Gasteiger partial charge in [0.1, 0.15) is 0 Å². The summed E-state index contributed by atoms with van der Waals surface area (Å²) in [6.07, 6.45) is 13.1. The molecule has 0 saturated heterocycles. The van der Waals surface area contributed by atoms with Crippen molar-refractivity contribution in [2.45, 2.75) is 0 Å². The topological polar surface area (TPSA) is 129 Å². The molecule has 0 atom stereocenters. The molecule has 0 fully saturated rings. The van der Waals surface area contributed by atoms with Crippen molar-refractivity contribution < 1.29 is 0 Å². The molecule has 0 radical (unpaired) electrons. The molecule has 0 aliphatic heterocycles. The van der Waals surface area contributed by atoms with Gasteiger partial charge in [0.2, 0.25) is 0 Å². The maximum atomic E-state index is 5.18. The minimum atomic E-state index is 0.915. The number of pyridine rings is 10. The molecule has 0 spiro atoms. The number of fused-ring (bicyclic) bond motifs is 13. The zero-order valence-corrected chi connectivity index (χ0v) is 55.8. The lowest BCUT2D eigenvalue weighted by molar-refractivity contribution is 1.33. The van der Waals surface area contributed by atoms with Gasteiger partial charge in [0.05, 0.1) is 72.6 Å². The highest BCUT2D eigenvalue weighted by molar-refractivity contribution is 6.11. The van der Waals surface area contributed by atoms with Gasteiger partial charge in [-0.2, -0.15) is 0 Å². The third kappa shape index (κ3) is 10.7. The van der Waals surface area contributed by atoms with E-state index in [9.17, 15) is 0 Å². The molecule has 0 saturated carbocycles. The highest BCUT2D eigenvalue weighted by Gasteiger charge is 2.18. The molecule has 0 aliphatic carbocycles. The van der Waals surface area contributed by atoms with Gasteiger partial charge in [-0.1, -0.05) is 194 Å². The van der Waals surface area contributed by atoms with Crippen LogP contribution in [0.4, 0.5) is 0 Å². The summed E-state index contributed by atoms with van der Waals surface area (Å²) in [5, 5.41) is 15.5. The maximum Gasteiger partial charge on any atom is 0.0972 e. The quantitative estimate of drug-likeness (QED) is 0.136. The van der Waals surface area contributed by atoms with Crippen molar-refractivity contribution in [3.8, 4) is 89.7 Å². The lowest BCUT2D eigenvalue weighted by Crippen LogP contribution is -1.92. The number of rotatable bonds is 8. The van der Waals surface area contributed by atoms with Crippen LogP contribution in [0.5, 0.6) is 0 Å². The fourth-order valence-electron chi connectivity index (χ4n) is 14.9. The Labute approximate surface area is 596 Å². The predicted molar refractivity (Wildman–Crippen MR) is 427 cm³/mol. The van der Waals surface area contributed by atoms with E-state index in [1.165, 1.54) is 0 Å². The first kappa shape index (κ1) is 59.8. The van der Waals surface area contributed by atoms with Crippen molar-refractivity contribution in [2.24, 2.45) is 0 Å². The average molecular weight is 1330 g/mol. The van der Waals surface area contributed by atoms with Gasteiger partial charge in [0.25, 0.3) is 0 Å². The zero-order chi connectivity index (χ0) is 68.6. The molecule has 10 heteroatoms. The van der Waals surface area contributed by atoms with Crippen LogP contribution in [0.1, 0.15) is 0 Å². The van der Waals surface area contributed by atoms with Crippen LogP contribution in [-0.2, 0) is 0 Å². The molecule has 0 bridgehead atoms. The molecule has 104 heavy (non-hydrogen) atoms. The van der Waals surface area contributed by atoms with Gasteiger partial charge in [-0.15, -0.1) is 0 Å². The van der Waals surface area contributed by atoms with Crippen LogP contribution < -0.4 is 0 Å². The van der Waals surface area contributed by atoms with Gasteiger partial charge >= 0.3 is 0 Å². The number of nitrogens with zero attached hydrogens (tertiary/aromatic N) is 10. The number of hydrogen-bond donors (Lipinski definition) is 0. The Morgan fingerprint density at radius 2 is 0.529 bits per heavy atom. The van der Waals surface area contributed by atoms with E-state index in [1.54, 1.807) is 0 Å². The Morgan fingerprint density at radius 1 is 0.173 bits per heavy atom. The van der Waals surface area contributed by atoms with Gasteiger partial charge in [-0.05, 0) is 158 Å². The third-order valence-electron chi connectivity index (χ3n) is 20.2. The van der Waals surface area contributed by atoms with Crippen molar-refractivity contribution in [2.75, 3.05) is 0 Å². The number of aromatic nitrogens is 10. The molecule has 0 amide bonds. The van der Waals surface area contributed by atoms with Gasteiger partial charge in [0, 0.05) is 125 Å². The normalized spacial score (nSPS) is 11.7. The molecular weight excluding hydrogens is 1270 g/mol. The first-order valence-electron chi connectivity index (χ1n) is 34.7. The van der Waals surface area contributed by atoms with Crippen LogP contribution in [0.2, 0.25) is 0 Å². The van der Waals surface area contributed by atoms with E-state index < -0.39 is 0 Å². The molecule has 0 N–H and O–H groups in total. The largest absolute Gasteiger partial charge is 0.263 e. The zero-order valence-electron chi connectivity index (χ0n) is 55.8. The van der Waals surface area contributed by atoms with Gasteiger partial charge < -0.3 is 0 Å². The summed E-state index contributed by atoms with van der Waals surface area (Å²) < 4.78 is 0. The Balaban J connectivity index is 0.000000139. The summed E-state index contributed by atoms with van der Waals surface area (Å²) in [6, 6.07) is 104. The summed E-state index contributed by atoms with van der Waals surface area (Å²) in [5.74, 6) is 0. The molecule has 21 aromatic rings. The summed E-state index contributed by atoms with van der Waals surface area (Å²) >= 11 is 0. The molecule has 482 valence electrons. The second-order valence-corrected chi connectivity index (χ2v) is 26.3. The van der Waals surface area contributed by atoms with E-state index in [0.717, 1.165) is 209 Å². The summed E-state index contributed by atoms with van der Waals surface area (Å²) in [4.78, 5) is 48.3. The van der Waals surface area contributed by atoms with Crippen LogP contribution >= 0.6 is 0 Å². The smallest absolute Gasteiger partial charge is 0.0972 e. The molecule has 11 aromatic carbocycles. The Hall–Kier alpha value is -14.2. The van der Waals surface area contributed by atoms with Gasteiger partial charge in [-0.3, -0.25) is 24.9 Å². The molecule has 0 aliphatic rings. The van der Waals surface area contributed by atoms with E-state index in [-0.39, 0.29) is 0 Å². The standard InChI is InChI=1S/C49H29N5.C45H27N5/c1-2-8-37-36(6-1)28-50-29-42(37)47-24-17-35-27-33(15-21-44(35)53-47)32-14-20-43-34(26-32)16-23-45(52-43)40-18-19-41(39-10-4-3-9-38(39)40)46-22-13-31-12-11-30-7-5-25-51-48(30)49(31)54-46;1-2-7-36-35(5-1)26-46-27-39(36)43-20-16-33-24-31(14-18-42(33)50-43)30-13-17-41-32(23-30)15-19-40(49-41)29-11-9-28(10-12-29)38-25-34-6-3-21-47-44(34)45-37(38)8-4-22-48-45/h1-29H;1-27H. The average Bonchev–Trinajstić information content (AvgIpc) is 0.767. The van der Waals surface area contributed by atoms with Crippen LogP contribution in [-0.4, -0.2) is 49.8 Å². The fraction of sp³-hybridized carbons (Fsp3) is 0. The van der Waals surface area contributed by atoms with Crippen molar-refractivity contribution in [3.63, 3.8) is 0 Å². The lowest BCUT2D eigenvalue weighted by Gasteiger charge is -2.13. The van der Waals surface area contributed by atoms with E-state index in [1.807, 2.05) is 73.7 Å². The minimum absolute atomic E-state index is 0.915. The lowest BCUT2D eigenvalue weighted by atomic mass is 9.95. The number of hydrogen-bond acceptors (Lipinski definition) is 10. The molecule has 0 unspecified atom stereocenters. The SMILES string of the molecule is c1ccc2c(-c3ccc4cc(-c5ccc6nc(-c7ccc(-c8cc9cccnc9c9ncccc89)cc7)ccc6c5)ccc4n3)cncc2c1.c1ccc2c(-c3ccc4cc(-c5ccc6nc(-c7ccc(-c8ccc9ccc%10cccnc%10c9n8)c8ccccc78)ccc6c5)ccc4n3)cncc2c1. The van der Waals surface area contributed by atoms with E-state index >= 15 is 0 Å². The summed E-state index contributed by atoms with van der Waals surface area (Å²) in [6.45, 7) is 0.